The van der Waals surface area contributed by atoms with Gasteiger partial charge in [0.25, 0.3) is 0 Å². The highest BCUT2D eigenvalue weighted by atomic mass is 16.8. The quantitative estimate of drug-likeness (QED) is 0.163. The monoisotopic (exact) mass is 704 g/mol. The number of carbonyl (C=O) groups is 3. The number of hydrogen-bond donors (Lipinski definition) is 4. The Bertz CT molecular complexity index is 976. The van der Waals surface area contributed by atoms with Gasteiger partial charge in [0.2, 0.25) is 0 Å². The molecule has 3 aliphatic heterocycles. The van der Waals surface area contributed by atoms with Gasteiger partial charge in [-0.05, 0) is 52.4 Å². The van der Waals surface area contributed by atoms with Crippen molar-refractivity contribution in [1.29, 1.82) is 0 Å². The first-order valence-electron chi connectivity index (χ1n) is 17.8. The zero-order valence-corrected chi connectivity index (χ0v) is 29.6. The van der Waals surface area contributed by atoms with E-state index in [1.54, 1.807) is 6.92 Å². The van der Waals surface area contributed by atoms with Crippen LogP contribution in [-0.2, 0) is 47.5 Å². The van der Waals surface area contributed by atoms with Crippen LogP contribution in [0.25, 0.3) is 0 Å². The van der Waals surface area contributed by atoms with Crippen LogP contribution in [0.1, 0.15) is 111 Å². The summed E-state index contributed by atoms with van der Waals surface area (Å²) >= 11 is 0. The SMILES string of the molecule is CC(=O)OCC1O[C@H]2O[C@@H](C)[C@@H](OC(COC(C)=O)[C@@H](O)CO)OC(C)CCCCCC/C=C\CCCCCCCC(=O)O[C@H]1C(O)[C@@H]2O. The number of allylic oxidation sites excluding steroid dienone is 2. The van der Waals surface area contributed by atoms with E-state index in [1.165, 1.54) is 13.8 Å². The van der Waals surface area contributed by atoms with E-state index in [0.717, 1.165) is 64.2 Å². The minimum atomic E-state index is -1.70. The molecule has 0 radical (unpaired) electrons. The summed E-state index contributed by atoms with van der Waals surface area (Å²) in [6.45, 7) is 4.35. The van der Waals surface area contributed by atoms with Gasteiger partial charge in [-0.15, -0.1) is 0 Å². The number of hydrogen-bond acceptors (Lipinski definition) is 14. The van der Waals surface area contributed by atoms with Crippen LogP contribution in [0, 0.1) is 0 Å². The van der Waals surface area contributed by atoms with E-state index in [1.807, 2.05) is 6.92 Å². The van der Waals surface area contributed by atoms with E-state index < -0.39 is 79.8 Å². The van der Waals surface area contributed by atoms with Gasteiger partial charge >= 0.3 is 17.9 Å². The van der Waals surface area contributed by atoms with Crippen molar-refractivity contribution in [1.82, 2.24) is 0 Å². The predicted molar refractivity (Wildman–Crippen MR) is 176 cm³/mol. The average Bonchev–Trinajstić information content (AvgIpc) is 3.05. The van der Waals surface area contributed by atoms with Gasteiger partial charge in [-0.3, -0.25) is 14.4 Å². The van der Waals surface area contributed by atoms with Crippen LogP contribution in [-0.4, -0.2) is 120 Å². The van der Waals surface area contributed by atoms with Crippen LogP contribution in [0.5, 0.6) is 0 Å². The molecule has 0 spiro atoms. The van der Waals surface area contributed by atoms with Gasteiger partial charge in [0.15, 0.2) is 18.7 Å². The van der Waals surface area contributed by atoms with Crippen LogP contribution in [0.15, 0.2) is 12.2 Å². The molecule has 0 aromatic heterocycles. The fraction of sp³-hybridized carbons (Fsp3) is 0.857. The third-order valence-corrected chi connectivity index (χ3v) is 8.48. The second-order valence-electron chi connectivity index (χ2n) is 12.9. The van der Waals surface area contributed by atoms with Crippen molar-refractivity contribution in [3.8, 4) is 0 Å². The lowest BCUT2D eigenvalue weighted by molar-refractivity contribution is -0.338. The van der Waals surface area contributed by atoms with E-state index in [2.05, 4.69) is 12.2 Å². The first-order chi connectivity index (χ1) is 23.4. The molecule has 0 aromatic carbocycles. The molecule has 10 atom stereocenters. The minimum Gasteiger partial charge on any atom is -0.463 e. The van der Waals surface area contributed by atoms with E-state index in [-0.39, 0.29) is 25.7 Å². The van der Waals surface area contributed by atoms with Crippen molar-refractivity contribution in [3.05, 3.63) is 12.2 Å². The number of esters is 3. The van der Waals surface area contributed by atoms with Crippen molar-refractivity contribution < 1.29 is 68.0 Å². The maximum absolute atomic E-state index is 12.7. The highest BCUT2D eigenvalue weighted by molar-refractivity contribution is 5.69. The third kappa shape index (κ3) is 17.1. The molecular formula is C35H60O14. The third-order valence-electron chi connectivity index (χ3n) is 8.48. The zero-order valence-electron chi connectivity index (χ0n) is 29.6. The molecule has 49 heavy (non-hydrogen) atoms. The highest BCUT2D eigenvalue weighted by Crippen LogP contribution is 2.28. The van der Waals surface area contributed by atoms with Crippen LogP contribution in [0.3, 0.4) is 0 Å². The van der Waals surface area contributed by atoms with Crippen molar-refractivity contribution in [2.75, 3.05) is 19.8 Å². The molecule has 2 bridgehead atoms. The van der Waals surface area contributed by atoms with Crippen molar-refractivity contribution >= 4 is 17.9 Å². The van der Waals surface area contributed by atoms with Crippen LogP contribution in [0.4, 0.5) is 0 Å². The molecule has 0 amide bonds. The summed E-state index contributed by atoms with van der Waals surface area (Å²) in [4.78, 5) is 35.9. The summed E-state index contributed by atoms with van der Waals surface area (Å²) in [6.07, 6.45) is 3.30. The fourth-order valence-corrected chi connectivity index (χ4v) is 5.61. The minimum absolute atomic E-state index is 0.110. The number of fused-ring (bicyclic) bond motifs is 22. The maximum Gasteiger partial charge on any atom is 0.306 e. The molecule has 0 saturated carbocycles. The number of rotatable bonds is 8. The Hall–Kier alpha value is -2.17. The normalized spacial score (nSPS) is 32.7. The van der Waals surface area contributed by atoms with Crippen molar-refractivity contribution in [3.63, 3.8) is 0 Å². The maximum atomic E-state index is 12.7. The summed E-state index contributed by atoms with van der Waals surface area (Å²) in [7, 11) is 0. The lowest BCUT2D eigenvalue weighted by Crippen LogP contribution is -2.61. The number of aliphatic hydroxyl groups excluding tert-OH is 4. The van der Waals surface area contributed by atoms with Crippen molar-refractivity contribution in [2.24, 2.45) is 0 Å². The second kappa shape index (κ2) is 24.1. The Morgan fingerprint density at radius 1 is 0.857 bits per heavy atom. The Labute approximate surface area is 290 Å². The first kappa shape index (κ1) is 43.0. The molecule has 3 rings (SSSR count). The van der Waals surface area contributed by atoms with Gasteiger partial charge < -0.3 is 53.6 Å². The van der Waals surface area contributed by atoms with Crippen LogP contribution < -0.4 is 0 Å². The van der Waals surface area contributed by atoms with E-state index >= 15 is 0 Å². The summed E-state index contributed by atoms with van der Waals surface area (Å²) in [6, 6.07) is 0. The standard InChI is InChI=1S/C35H60O14/c1-23-18-16-14-12-10-8-6-5-7-9-11-13-15-17-19-30(40)49-33-29(22-44-26(4)38)48-35(32(42)31(33)41)46-24(2)34(45-23)47-28(27(39)20-36)21-43-25(3)37/h5-6,23-24,27-29,31-36,39,41-42H,7-22H2,1-4H3/b6-5-/t23?,24-,27-,28?,29?,31?,32-,33+,34+,35+/m0/s1. The molecule has 14 nitrogen and oxygen atoms in total. The molecule has 4 N–H and O–H groups in total. The molecule has 3 heterocycles. The van der Waals surface area contributed by atoms with Crippen molar-refractivity contribution in [2.45, 2.75) is 173 Å². The van der Waals surface area contributed by atoms with Gasteiger partial charge in [-0.2, -0.15) is 0 Å². The Morgan fingerprint density at radius 3 is 2.10 bits per heavy atom. The van der Waals surface area contributed by atoms with Crippen LogP contribution in [0.2, 0.25) is 0 Å². The summed E-state index contributed by atoms with van der Waals surface area (Å²) in [5, 5.41) is 42.2. The molecule has 14 heteroatoms. The molecule has 284 valence electrons. The van der Waals surface area contributed by atoms with E-state index in [0.29, 0.717) is 12.8 Å². The molecule has 1 fully saturated rings. The molecule has 1 saturated heterocycles. The Kier molecular flexibility index (Phi) is 21.1. The second-order valence-corrected chi connectivity index (χ2v) is 12.9. The Balaban J connectivity index is 2.29. The fourth-order valence-electron chi connectivity index (χ4n) is 5.61. The summed E-state index contributed by atoms with van der Waals surface area (Å²) in [5.74, 6) is -1.82. The number of carbonyl (C=O) groups excluding carboxylic acids is 3. The largest absolute Gasteiger partial charge is 0.463 e. The smallest absolute Gasteiger partial charge is 0.306 e. The molecule has 0 aromatic rings. The van der Waals surface area contributed by atoms with Gasteiger partial charge in [0.1, 0.15) is 49.8 Å². The van der Waals surface area contributed by atoms with Gasteiger partial charge in [0.05, 0.1) is 12.7 Å². The first-order valence-corrected chi connectivity index (χ1v) is 17.8. The van der Waals surface area contributed by atoms with Gasteiger partial charge in [-0.25, -0.2) is 0 Å². The average molecular weight is 705 g/mol. The number of aliphatic hydroxyl groups is 4. The predicted octanol–water partition coefficient (Wildman–Crippen LogP) is 2.99. The number of ether oxygens (including phenoxy) is 7. The lowest BCUT2D eigenvalue weighted by atomic mass is 9.98. The van der Waals surface area contributed by atoms with Gasteiger partial charge in [-0.1, -0.05) is 50.7 Å². The summed E-state index contributed by atoms with van der Waals surface area (Å²) < 4.78 is 39.9. The molecular weight excluding hydrogens is 644 g/mol. The molecule has 3 aliphatic rings. The van der Waals surface area contributed by atoms with E-state index in [9.17, 15) is 34.8 Å². The topological polar surface area (TPSA) is 197 Å². The molecule has 0 aliphatic carbocycles. The zero-order chi connectivity index (χ0) is 36.2. The van der Waals surface area contributed by atoms with Gasteiger partial charge in [0, 0.05) is 20.3 Å². The lowest BCUT2D eigenvalue weighted by Gasteiger charge is -2.43. The molecule has 4 unspecified atom stereocenters. The summed E-state index contributed by atoms with van der Waals surface area (Å²) in [5.41, 5.74) is 0. The van der Waals surface area contributed by atoms with E-state index in [4.69, 9.17) is 33.2 Å². The highest BCUT2D eigenvalue weighted by Gasteiger charge is 2.49. The van der Waals surface area contributed by atoms with Crippen LogP contribution >= 0.6 is 0 Å². The Morgan fingerprint density at radius 2 is 1.47 bits per heavy atom.